The highest BCUT2D eigenvalue weighted by Crippen LogP contribution is 2.68. The fraction of sp³-hybridized carbons (Fsp3) is 0.872. The molecule has 7 aliphatic rings. The van der Waals surface area contributed by atoms with Crippen molar-refractivity contribution in [1.29, 1.82) is 0 Å². The molecule has 3 heterocycles. The Morgan fingerprint density at radius 1 is 0.904 bits per heavy atom. The van der Waals surface area contributed by atoms with Gasteiger partial charge in [0.2, 0.25) is 0 Å². The maximum absolute atomic E-state index is 13.3. The Hall–Kier alpha value is -1.33. The molecular formula is C39H60O13. The fourth-order valence-corrected chi connectivity index (χ4v) is 11.9. The van der Waals surface area contributed by atoms with Crippen molar-refractivity contribution in [2.45, 2.75) is 159 Å². The van der Waals surface area contributed by atoms with Crippen molar-refractivity contribution < 1.29 is 64.2 Å². The summed E-state index contributed by atoms with van der Waals surface area (Å²) in [6.45, 7) is 9.52. The summed E-state index contributed by atoms with van der Waals surface area (Å²) in [6.07, 6.45) is -3.97. The van der Waals surface area contributed by atoms with Gasteiger partial charge in [0.15, 0.2) is 18.9 Å². The van der Waals surface area contributed by atoms with Crippen molar-refractivity contribution in [3.8, 4) is 0 Å². The molecule has 0 amide bonds. The van der Waals surface area contributed by atoms with E-state index in [0.717, 1.165) is 37.7 Å². The average Bonchev–Trinajstić information content (AvgIpc) is 3.45. The second kappa shape index (κ2) is 14.6. The molecule has 6 fully saturated rings. The summed E-state index contributed by atoms with van der Waals surface area (Å²) in [5, 5.41) is 73.8. The van der Waals surface area contributed by atoms with Crippen LogP contribution in [0.4, 0.5) is 0 Å². The second-order valence-electron chi connectivity index (χ2n) is 17.5. The smallest absolute Gasteiger partial charge is 0.187 e. The molecule has 0 aromatic rings. The van der Waals surface area contributed by atoms with E-state index in [1.807, 2.05) is 13.8 Å². The molecule has 13 heteroatoms. The molecule has 0 bridgehead atoms. The first-order valence-corrected chi connectivity index (χ1v) is 19.4. The number of allylic oxidation sites excluding steroid dienone is 2. The minimum absolute atomic E-state index is 0.0567. The van der Waals surface area contributed by atoms with E-state index in [1.165, 1.54) is 18.8 Å². The molecule has 0 aromatic carbocycles. The Labute approximate surface area is 305 Å². The quantitative estimate of drug-likeness (QED) is 0.146. The van der Waals surface area contributed by atoms with Gasteiger partial charge in [0.1, 0.15) is 49.0 Å². The van der Waals surface area contributed by atoms with Crippen molar-refractivity contribution in [1.82, 2.24) is 0 Å². The fourth-order valence-electron chi connectivity index (χ4n) is 11.9. The topological polar surface area (TPSA) is 205 Å². The normalized spacial score (nSPS) is 54.5. The van der Waals surface area contributed by atoms with Crippen molar-refractivity contribution in [2.75, 3.05) is 6.61 Å². The van der Waals surface area contributed by atoms with Gasteiger partial charge >= 0.3 is 0 Å². The van der Waals surface area contributed by atoms with E-state index in [-0.39, 0.29) is 41.3 Å². The molecule has 0 aromatic heterocycles. The van der Waals surface area contributed by atoms with Gasteiger partial charge in [0.25, 0.3) is 0 Å². The van der Waals surface area contributed by atoms with E-state index in [1.54, 1.807) is 0 Å². The molecule has 0 unspecified atom stereocenters. The Balaban J connectivity index is 1.08. The molecular weight excluding hydrogens is 676 g/mol. The Bertz CT molecular complexity index is 1370. The van der Waals surface area contributed by atoms with E-state index < -0.39 is 79.7 Å². The van der Waals surface area contributed by atoms with E-state index >= 15 is 0 Å². The first-order valence-electron chi connectivity index (χ1n) is 19.4. The number of carbonyl (C=O) groups is 1. The summed E-state index contributed by atoms with van der Waals surface area (Å²) in [5.74, 6) is 0.863. The van der Waals surface area contributed by atoms with Gasteiger partial charge in [0, 0.05) is 17.3 Å². The number of hydrogen-bond acceptors (Lipinski definition) is 13. The summed E-state index contributed by atoms with van der Waals surface area (Å²) in [4.78, 5) is 13.3. The summed E-state index contributed by atoms with van der Waals surface area (Å²) in [5.41, 5.74) is 1.82. The van der Waals surface area contributed by atoms with Gasteiger partial charge in [0.05, 0.1) is 24.9 Å². The molecule has 3 saturated carbocycles. The standard InChI is InChI=1S/C39H60O13/c1-17(2)12-23-18(3)28-26(50-35(23)47)14-25-22-7-6-20-13-21(8-10-38(20,5)24(22)9-11-39(25,28)16-41)49-37-34(32(45)30(43)27(15-40)51-37)52-36-33(46)31(44)29(42)19(4)48-36/h6,12,16,18-19,21-37,40,42-47H,7-11,13-15H2,1-5H3/t18-,19+,21+,22-,23-,24-,25+,26+,27-,28+,29+,30-,31-,32+,33-,34-,35-,36+,37-,38+,39-/m1/s1. The molecule has 4 aliphatic carbocycles. The molecule has 0 spiro atoms. The molecule has 3 saturated heterocycles. The number of fused-ring (bicyclic) bond motifs is 7. The zero-order valence-corrected chi connectivity index (χ0v) is 30.9. The third-order valence-corrected chi connectivity index (χ3v) is 14.6. The number of hydrogen-bond donors (Lipinski definition) is 7. The van der Waals surface area contributed by atoms with Gasteiger partial charge in [-0.1, -0.05) is 37.1 Å². The molecule has 21 atom stereocenters. The first-order chi connectivity index (χ1) is 24.6. The van der Waals surface area contributed by atoms with Crippen molar-refractivity contribution in [3.63, 3.8) is 0 Å². The monoisotopic (exact) mass is 736 g/mol. The molecule has 7 rings (SSSR count). The van der Waals surface area contributed by atoms with Gasteiger partial charge in [-0.05, 0) is 94.8 Å². The predicted octanol–water partition coefficient (Wildman–Crippen LogP) is 1.33. The Morgan fingerprint density at radius 3 is 2.35 bits per heavy atom. The van der Waals surface area contributed by atoms with Crippen LogP contribution in [0.1, 0.15) is 79.6 Å². The maximum Gasteiger partial charge on any atom is 0.187 e. The number of ether oxygens (including phenoxy) is 5. The second-order valence-corrected chi connectivity index (χ2v) is 17.5. The van der Waals surface area contributed by atoms with Crippen LogP contribution in [-0.2, 0) is 28.5 Å². The van der Waals surface area contributed by atoms with Gasteiger partial charge in [-0.25, -0.2) is 0 Å². The van der Waals surface area contributed by atoms with Crippen LogP contribution in [0.15, 0.2) is 23.3 Å². The zero-order chi connectivity index (χ0) is 37.4. The summed E-state index contributed by atoms with van der Waals surface area (Å²) in [6, 6.07) is 0. The summed E-state index contributed by atoms with van der Waals surface area (Å²) in [7, 11) is 0. The zero-order valence-electron chi connectivity index (χ0n) is 30.9. The molecule has 0 radical (unpaired) electrons. The third kappa shape index (κ3) is 6.28. The van der Waals surface area contributed by atoms with E-state index in [2.05, 4.69) is 26.0 Å². The molecule has 7 N–H and O–H groups in total. The van der Waals surface area contributed by atoms with Crippen LogP contribution in [0.3, 0.4) is 0 Å². The number of aliphatic hydroxyl groups excluding tert-OH is 7. The van der Waals surface area contributed by atoms with Gasteiger partial charge in [-0.3, -0.25) is 0 Å². The van der Waals surface area contributed by atoms with Crippen molar-refractivity contribution >= 4 is 6.29 Å². The lowest BCUT2D eigenvalue weighted by molar-refractivity contribution is -0.369. The van der Waals surface area contributed by atoms with Crippen LogP contribution >= 0.6 is 0 Å². The lowest BCUT2D eigenvalue weighted by Gasteiger charge is -2.58. The van der Waals surface area contributed by atoms with Crippen LogP contribution in [0, 0.1) is 46.3 Å². The SMILES string of the molecule is CC(C)=C[C@@H]1[C@@H](C)[C@H]2[C@H](C[C@H]3[C@@H]4CC=C5C[C@@H](O[C@@H]6O[C@H](CO)[C@@H](O)[C@H](O)[C@H]6O[C@@H]6O[C@@H](C)[C@H](O)[C@@H](O)[C@H]6O)CC[C@]5(C)[C@@H]4CC[C@]23C=O)O[C@H]1O. The van der Waals surface area contributed by atoms with Gasteiger partial charge < -0.3 is 64.2 Å². The van der Waals surface area contributed by atoms with E-state index in [0.29, 0.717) is 24.7 Å². The highest BCUT2D eigenvalue weighted by Gasteiger charge is 2.66. The maximum atomic E-state index is 13.3. The number of rotatable bonds is 7. The minimum atomic E-state index is -1.64. The predicted molar refractivity (Wildman–Crippen MR) is 184 cm³/mol. The Kier molecular flexibility index (Phi) is 11.0. The average molecular weight is 737 g/mol. The van der Waals surface area contributed by atoms with Crippen LogP contribution in [0.2, 0.25) is 0 Å². The molecule has 294 valence electrons. The summed E-state index contributed by atoms with van der Waals surface area (Å²) < 4.78 is 30.3. The van der Waals surface area contributed by atoms with Crippen LogP contribution < -0.4 is 0 Å². The Morgan fingerprint density at radius 2 is 1.65 bits per heavy atom. The highest BCUT2D eigenvalue weighted by molar-refractivity contribution is 5.63. The minimum Gasteiger partial charge on any atom is -0.394 e. The third-order valence-electron chi connectivity index (χ3n) is 14.6. The molecule has 3 aliphatic heterocycles. The van der Waals surface area contributed by atoms with E-state index in [9.17, 15) is 40.5 Å². The molecule has 52 heavy (non-hydrogen) atoms. The van der Waals surface area contributed by atoms with Gasteiger partial charge in [-0.2, -0.15) is 0 Å². The summed E-state index contributed by atoms with van der Waals surface area (Å²) >= 11 is 0. The number of carbonyl (C=O) groups excluding carboxylic acids is 1. The van der Waals surface area contributed by atoms with Gasteiger partial charge in [-0.15, -0.1) is 0 Å². The lowest BCUT2D eigenvalue weighted by atomic mass is 9.46. The van der Waals surface area contributed by atoms with E-state index in [4.69, 9.17) is 23.7 Å². The van der Waals surface area contributed by atoms with Crippen LogP contribution in [0.5, 0.6) is 0 Å². The number of aliphatic hydroxyl groups is 7. The van der Waals surface area contributed by atoms with Crippen molar-refractivity contribution in [2.24, 2.45) is 46.3 Å². The lowest BCUT2D eigenvalue weighted by Crippen LogP contribution is -2.64. The largest absolute Gasteiger partial charge is 0.394 e. The number of aldehydes is 1. The van der Waals surface area contributed by atoms with Crippen LogP contribution in [-0.4, -0.2) is 129 Å². The van der Waals surface area contributed by atoms with Crippen LogP contribution in [0.25, 0.3) is 0 Å². The van der Waals surface area contributed by atoms with Crippen molar-refractivity contribution in [3.05, 3.63) is 23.3 Å². The highest BCUT2D eigenvalue weighted by atomic mass is 16.8. The first kappa shape index (κ1) is 38.9. The molecule has 13 nitrogen and oxygen atoms in total.